The van der Waals surface area contributed by atoms with Crippen LogP contribution in [-0.2, 0) is 0 Å². The van der Waals surface area contributed by atoms with Crippen LogP contribution in [-0.4, -0.2) is 0 Å². The molecule has 0 unspecified atom stereocenters. The monoisotopic (exact) mass is 758 g/mol. The molecule has 0 atom stereocenters. The van der Waals surface area contributed by atoms with E-state index in [2.05, 4.69) is 231 Å². The summed E-state index contributed by atoms with van der Waals surface area (Å²) in [5.41, 5.74) is 12.3. The first-order chi connectivity index (χ1) is 29.7. The SMILES string of the molecule is c1ccc2cc(-c3ccc(-c4c5ccc(-c6cccc7ccccc67)cc5c(-c5ccc6ccccc6c5)c5ccc(-c6cccc7ccccc67)cc45)cc3)ccc2c1. The van der Waals surface area contributed by atoms with E-state index in [1.165, 1.54) is 120 Å². The molecule has 0 heterocycles. The number of hydrogen-bond acceptors (Lipinski definition) is 0. The third-order valence-corrected chi connectivity index (χ3v) is 12.6. The lowest BCUT2D eigenvalue weighted by Gasteiger charge is -2.20. The minimum absolute atomic E-state index is 1.20. The smallest absolute Gasteiger partial charge is 0.00259 e. The molecular formula is C60H38. The van der Waals surface area contributed by atoms with Gasteiger partial charge in [-0.3, -0.25) is 0 Å². The molecule has 0 aliphatic heterocycles. The summed E-state index contributed by atoms with van der Waals surface area (Å²) in [5, 5.41) is 15.0. The molecule has 0 nitrogen and oxygen atoms in total. The van der Waals surface area contributed by atoms with Gasteiger partial charge in [-0.2, -0.15) is 0 Å². The van der Waals surface area contributed by atoms with Crippen molar-refractivity contribution < 1.29 is 0 Å². The number of benzene rings is 12. The molecule has 0 bridgehead atoms. The lowest BCUT2D eigenvalue weighted by molar-refractivity contribution is 1.62. The second-order valence-electron chi connectivity index (χ2n) is 16.0. The van der Waals surface area contributed by atoms with Gasteiger partial charge in [0.25, 0.3) is 0 Å². The van der Waals surface area contributed by atoms with E-state index in [9.17, 15) is 0 Å². The Bertz CT molecular complexity index is 3630. The Morgan fingerprint density at radius 2 is 0.550 bits per heavy atom. The van der Waals surface area contributed by atoms with Crippen LogP contribution in [0.1, 0.15) is 0 Å². The van der Waals surface area contributed by atoms with Gasteiger partial charge in [0.05, 0.1) is 0 Å². The van der Waals surface area contributed by atoms with Crippen LogP contribution in [0.2, 0.25) is 0 Å². The predicted molar refractivity (Wildman–Crippen MR) is 259 cm³/mol. The molecule has 0 aromatic heterocycles. The summed E-state index contributed by atoms with van der Waals surface area (Å²) in [7, 11) is 0. The molecule has 0 saturated heterocycles. The molecule has 0 fully saturated rings. The van der Waals surface area contributed by atoms with E-state index in [-0.39, 0.29) is 0 Å². The maximum absolute atomic E-state index is 2.45. The minimum atomic E-state index is 1.20. The second kappa shape index (κ2) is 13.9. The van der Waals surface area contributed by atoms with E-state index in [4.69, 9.17) is 0 Å². The van der Waals surface area contributed by atoms with Gasteiger partial charge in [-0.05, 0) is 145 Å². The van der Waals surface area contributed by atoms with Crippen molar-refractivity contribution in [2.24, 2.45) is 0 Å². The van der Waals surface area contributed by atoms with Crippen LogP contribution in [0.25, 0.3) is 120 Å². The maximum atomic E-state index is 2.45. The molecule has 0 N–H and O–H groups in total. The van der Waals surface area contributed by atoms with Crippen LogP contribution in [0.3, 0.4) is 0 Å². The molecule has 12 aromatic rings. The van der Waals surface area contributed by atoms with Crippen molar-refractivity contribution in [1.29, 1.82) is 0 Å². The van der Waals surface area contributed by atoms with Crippen LogP contribution < -0.4 is 0 Å². The maximum Gasteiger partial charge on any atom is -0.00259 e. The van der Waals surface area contributed by atoms with Crippen LogP contribution in [0.5, 0.6) is 0 Å². The average Bonchev–Trinajstić information content (AvgIpc) is 3.32. The molecule has 60 heavy (non-hydrogen) atoms. The molecule has 278 valence electrons. The quantitative estimate of drug-likeness (QED) is 0.153. The van der Waals surface area contributed by atoms with E-state index in [1.54, 1.807) is 0 Å². The van der Waals surface area contributed by atoms with Crippen molar-refractivity contribution in [1.82, 2.24) is 0 Å². The zero-order valence-corrected chi connectivity index (χ0v) is 32.9. The molecule has 0 heteroatoms. The number of fused-ring (bicyclic) bond motifs is 6. The van der Waals surface area contributed by atoms with Crippen molar-refractivity contribution in [2.45, 2.75) is 0 Å². The summed E-state index contributed by atoms with van der Waals surface area (Å²) in [6.07, 6.45) is 0. The molecule has 0 radical (unpaired) electrons. The topological polar surface area (TPSA) is 0 Å². The molecule has 12 aromatic carbocycles. The summed E-state index contributed by atoms with van der Waals surface area (Å²) in [4.78, 5) is 0. The Labute approximate surface area is 349 Å². The standard InChI is InChI=1S/C60H38/c1-3-15-45-35-47(29-25-39(45)11-1)41-23-27-44(28-24-41)59-55-33-31-49(54-22-10-18-43-14-6-8-20-52(43)54)38-58(55)60(50-30-26-40-12-2-4-16-46(40)36-50)56-34-32-48(37-57(56)59)53-21-9-17-42-13-5-7-19-51(42)53/h1-38H. The first kappa shape index (κ1) is 34.3. The number of rotatable bonds is 5. The highest BCUT2D eigenvalue weighted by Crippen LogP contribution is 2.47. The fourth-order valence-electron chi connectivity index (χ4n) is 9.68. The van der Waals surface area contributed by atoms with E-state index < -0.39 is 0 Å². The van der Waals surface area contributed by atoms with Gasteiger partial charge < -0.3 is 0 Å². The van der Waals surface area contributed by atoms with Crippen molar-refractivity contribution in [2.75, 3.05) is 0 Å². The van der Waals surface area contributed by atoms with Gasteiger partial charge in [0.15, 0.2) is 0 Å². The normalized spacial score (nSPS) is 11.7. The molecule has 12 rings (SSSR count). The van der Waals surface area contributed by atoms with Gasteiger partial charge in [-0.25, -0.2) is 0 Å². The van der Waals surface area contributed by atoms with E-state index >= 15 is 0 Å². The summed E-state index contributed by atoms with van der Waals surface area (Å²) in [5.74, 6) is 0. The Hall–Kier alpha value is -7.80. The predicted octanol–water partition coefficient (Wildman–Crippen LogP) is 16.9. The van der Waals surface area contributed by atoms with Crippen LogP contribution >= 0.6 is 0 Å². The zero-order valence-electron chi connectivity index (χ0n) is 32.9. The van der Waals surface area contributed by atoms with Crippen LogP contribution in [0.15, 0.2) is 231 Å². The van der Waals surface area contributed by atoms with Gasteiger partial charge in [0, 0.05) is 0 Å². The van der Waals surface area contributed by atoms with Crippen LogP contribution in [0.4, 0.5) is 0 Å². The van der Waals surface area contributed by atoms with E-state index in [0.717, 1.165) is 0 Å². The third kappa shape index (κ3) is 5.69. The zero-order chi connectivity index (χ0) is 39.6. The Morgan fingerprint density at radius 3 is 1.10 bits per heavy atom. The van der Waals surface area contributed by atoms with Crippen molar-refractivity contribution in [3.05, 3.63) is 231 Å². The summed E-state index contributed by atoms with van der Waals surface area (Å²) in [6.45, 7) is 0. The lowest BCUT2D eigenvalue weighted by Crippen LogP contribution is -1.93. The summed E-state index contributed by atoms with van der Waals surface area (Å²) < 4.78 is 0. The van der Waals surface area contributed by atoms with Gasteiger partial charge in [0.2, 0.25) is 0 Å². The molecule has 0 saturated carbocycles. The molecule has 0 aliphatic rings. The second-order valence-corrected chi connectivity index (χ2v) is 16.0. The molecule has 0 spiro atoms. The lowest BCUT2D eigenvalue weighted by atomic mass is 9.83. The van der Waals surface area contributed by atoms with Gasteiger partial charge in [-0.1, -0.05) is 206 Å². The highest BCUT2D eigenvalue weighted by Gasteiger charge is 2.20. The molecular weight excluding hydrogens is 721 g/mol. The number of hydrogen-bond donors (Lipinski definition) is 0. The summed E-state index contributed by atoms with van der Waals surface area (Å²) in [6, 6.07) is 85.4. The average molecular weight is 759 g/mol. The molecule has 0 aliphatic carbocycles. The first-order valence-corrected chi connectivity index (χ1v) is 20.8. The van der Waals surface area contributed by atoms with E-state index in [0.29, 0.717) is 0 Å². The first-order valence-electron chi connectivity index (χ1n) is 20.8. The van der Waals surface area contributed by atoms with Gasteiger partial charge in [0.1, 0.15) is 0 Å². The largest absolute Gasteiger partial charge is 0.0616 e. The van der Waals surface area contributed by atoms with Gasteiger partial charge in [-0.15, -0.1) is 0 Å². The Morgan fingerprint density at radius 1 is 0.167 bits per heavy atom. The third-order valence-electron chi connectivity index (χ3n) is 12.6. The summed E-state index contributed by atoms with van der Waals surface area (Å²) >= 11 is 0. The van der Waals surface area contributed by atoms with E-state index in [1.807, 2.05) is 0 Å². The Balaban J connectivity index is 1.16. The van der Waals surface area contributed by atoms with Crippen LogP contribution in [0, 0.1) is 0 Å². The van der Waals surface area contributed by atoms with Crippen molar-refractivity contribution in [3.8, 4) is 55.6 Å². The highest BCUT2D eigenvalue weighted by molar-refractivity contribution is 6.23. The fraction of sp³-hybridized carbons (Fsp3) is 0. The van der Waals surface area contributed by atoms with Crippen molar-refractivity contribution >= 4 is 64.6 Å². The fourth-order valence-corrected chi connectivity index (χ4v) is 9.68. The Kier molecular flexibility index (Phi) is 7.96. The van der Waals surface area contributed by atoms with Gasteiger partial charge >= 0.3 is 0 Å². The molecule has 0 amide bonds. The minimum Gasteiger partial charge on any atom is -0.0616 e. The highest BCUT2D eigenvalue weighted by atomic mass is 14.2. The van der Waals surface area contributed by atoms with Crippen molar-refractivity contribution in [3.63, 3.8) is 0 Å².